The molecule has 3 saturated carbocycles. The quantitative estimate of drug-likeness (QED) is 0.772. The van der Waals surface area contributed by atoms with E-state index in [0.717, 1.165) is 23.7 Å². The van der Waals surface area contributed by atoms with Gasteiger partial charge in [0.25, 0.3) is 0 Å². The van der Waals surface area contributed by atoms with Crippen LogP contribution in [-0.4, -0.2) is 5.54 Å². The molecule has 0 aromatic rings. The molecule has 0 saturated heterocycles. The van der Waals surface area contributed by atoms with Crippen LogP contribution in [0.15, 0.2) is 0 Å². The Balaban J connectivity index is 1.58. The van der Waals surface area contributed by atoms with Crippen molar-refractivity contribution in [2.75, 3.05) is 0 Å². The molecule has 0 spiro atoms. The van der Waals surface area contributed by atoms with Crippen molar-refractivity contribution in [3.8, 4) is 0 Å². The van der Waals surface area contributed by atoms with Crippen LogP contribution in [0, 0.1) is 23.7 Å². The predicted octanol–water partition coefficient (Wildman–Crippen LogP) is 3.72. The average molecular weight is 221 g/mol. The SMILES string of the molecule is CCC1CCC(N)(CC2CC3CCC2C3)C1. The Morgan fingerprint density at radius 2 is 2.06 bits per heavy atom. The zero-order valence-electron chi connectivity index (χ0n) is 10.8. The topological polar surface area (TPSA) is 26.0 Å². The Labute approximate surface area is 100 Å². The summed E-state index contributed by atoms with van der Waals surface area (Å²) < 4.78 is 0. The molecule has 5 unspecified atom stereocenters. The second-order valence-corrected chi connectivity index (χ2v) is 7.02. The fourth-order valence-corrected chi connectivity index (χ4v) is 4.95. The van der Waals surface area contributed by atoms with Crippen molar-refractivity contribution < 1.29 is 0 Å². The van der Waals surface area contributed by atoms with Crippen LogP contribution < -0.4 is 5.73 Å². The van der Waals surface area contributed by atoms with Gasteiger partial charge in [0.15, 0.2) is 0 Å². The standard InChI is InChI=1S/C15H27N/c1-2-11-5-6-15(16,9-11)10-14-8-12-3-4-13(14)7-12/h11-14H,2-10,16H2,1H3. The van der Waals surface area contributed by atoms with Gasteiger partial charge in [0.2, 0.25) is 0 Å². The van der Waals surface area contributed by atoms with Crippen LogP contribution in [0.1, 0.15) is 64.7 Å². The van der Waals surface area contributed by atoms with Crippen molar-refractivity contribution in [1.29, 1.82) is 0 Å². The fraction of sp³-hybridized carbons (Fsp3) is 1.00. The van der Waals surface area contributed by atoms with Gasteiger partial charge in [0.05, 0.1) is 0 Å². The van der Waals surface area contributed by atoms with Crippen LogP contribution in [0.25, 0.3) is 0 Å². The van der Waals surface area contributed by atoms with Crippen molar-refractivity contribution in [3.63, 3.8) is 0 Å². The van der Waals surface area contributed by atoms with E-state index in [1.54, 1.807) is 0 Å². The van der Waals surface area contributed by atoms with E-state index in [9.17, 15) is 0 Å². The minimum absolute atomic E-state index is 0.232. The molecule has 1 nitrogen and oxygen atoms in total. The maximum absolute atomic E-state index is 6.64. The maximum Gasteiger partial charge on any atom is 0.0159 e. The van der Waals surface area contributed by atoms with Gasteiger partial charge in [-0.05, 0) is 68.6 Å². The van der Waals surface area contributed by atoms with E-state index in [-0.39, 0.29) is 5.54 Å². The first-order valence-corrected chi connectivity index (χ1v) is 7.47. The van der Waals surface area contributed by atoms with Crippen molar-refractivity contribution in [2.24, 2.45) is 29.4 Å². The van der Waals surface area contributed by atoms with E-state index in [4.69, 9.17) is 5.73 Å². The summed E-state index contributed by atoms with van der Waals surface area (Å²) in [7, 11) is 0. The van der Waals surface area contributed by atoms with E-state index in [1.807, 2.05) is 0 Å². The van der Waals surface area contributed by atoms with Gasteiger partial charge >= 0.3 is 0 Å². The summed E-state index contributed by atoms with van der Waals surface area (Å²) in [5.41, 5.74) is 6.87. The van der Waals surface area contributed by atoms with Gasteiger partial charge in [-0.15, -0.1) is 0 Å². The Hall–Kier alpha value is -0.0400. The lowest BCUT2D eigenvalue weighted by Gasteiger charge is -2.32. The Bertz CT molecular complexity index is 262. The van der Waals surface area contributed by atoms with E-state index in [2.05, 4.69) is 6.92 Å². The molecule has 2 bridgehead atoms. The molecule has 16 heavy (non-hydrogen) atoms. The van der Waals surface area contributed by atoms with E-state index in [0.29, 0.717) is 0 Å². The minimum atomic E-state index is 0.232. The highest BCUT2D eigenvalue weighted by Gasteiger charge is 2.44. The molecule has 0 radical (unpaired) electrons. The molecule has 2 N–H and O–H groups in total. The van der Waals surface area contributed by atoms with Gasteiger partial charge in [-0.1, -0.05) is 19.8 Å². The monoisotopic (exact) mass is 221 g/mol. The first-order chi connectivity index (χ1) is 7.68. The lowest BCUT2D eigenvalue weighted by atomic mass is 9.78. The average Bonchev–Trinajstić information content (AvgIpc) is 2.93. The molecule has 5 atom stereocenters. The summed E-state index contributed by atoms with van der Waals surface area (Å²) in [5.74, 6) is 4.08. The van der Waals surface area contributed by atoms with Gasteiger partial charge in [-0.3, -0.25) is 0 Å². The molecule has 0 amide bonds. The fourth-order valence-electron chi connectivity index (χ4n) is 4.95. The second kappa shape index (κ2) is 4.01. The molecule has 0 aromatic carbocycles. The predicted molar refractivity (Wildman–Crippen MR) is 68.1 cm³/mol. The molecule has 0 heterocycles. The van der Waals surface area contributed by atoms with Crippen LogP contribution in [0.2, 0.25) is 0 Å². The van der Waals surface area contributed by atoms with Gasteiger partial charge in [0, 0.05) is 5.54 Å². The van der Waals surface area contributed by atoms with Gasteiger partial charge in [0.1, 0.15) is 0 Å². The van der Waals surface area contributed by atoms with Crippen LogP contribution >= 0.6 is 0 Å². The van der Waals surface area contributed by atoms with Crippen molar-refractivity contribution in [3.05, 3.63) is 0 Å². The van der Waals surface area contributed by atoms with E-state index in [1.165, 1.54) is 57.8 Å². The molecule has 1 heteroatoms. The second-order valence-electron chi connectivity index (χ2n) is 7.02. The van der Waals surface area contributed by atoms with Crippen LogP contribution in [0.4, 0.5) is 0 Å². The highest BCUT2D eigenvalue weighted by atomic mass is 14.8. The third-order valence-electron chi connectivity index (χ3n) is 5.88. The number of hydrogen-bond acceptors (Lipinski definition) is 1. The zero-order valence-corrected chi connectivity index (χ0v) is 10.8. The molecule has 92 valence electrons. The van der Waals surface area contributed by atoms with E-state index < -0.39 is 0 Å². The lowest BCUT2D eigenvalue weighted by Crippen LogP contribution is -2.40. The normalized spacial score (nSPS) is 51.4. The Morgan fingerprint density at radius 3 is 2.62 bits per heavy atom. The summed E-state index contributed by atoms with van der Waals surface area (Å²) >= 11 is 0. The van der Waals surface area contributed by atoms with Crippen LogP contribution in [-0.2, 0) is 0 Å². The number of fused-ring (bicyclic) bond motifs is 2. The summed E-state index contributed by atoms with van der Waals surface area (Å²) in [6.45, 7) is 2.33. The lowest BCUT2D eigenvalue weighted by molar-refractivity contribution is 0.238. The summed E-state index contributed by atoms with van der Waals surface area (Å²) in [4.78, 5) is 0. The van der Waals surface area contributed by atoms with Crippen molar-refractivity contribution in [2.45, 2.75) is 70.3 Å². The molecule has 0 aliphatic heterocycles. The molecular weight excluding hydrogens is 194 g/mol. The Morgan fingerprint density at radius 1 is 1.19 bits per heavy atom. The minimum Gasteiger partial charge on any atom is -0.325 e. The molecule has 3 fully saturated rings. The van der Waals surface area contributed by atoms with Gasteiger partial charge in [-0.25, -0.2) is 0 Å². The summed E-state index contributed by atoms with van der Waals surface area (Å²) in [6, 6.07) is 0. The molecular formula is C15H27N. The highest BCUT2D eigenvalue weighted by molar-refractivity contribution is 4.99. The van der Waals surface area contributed by atoms with Crippen LogP contribution in [0.5, 0.6) is 0 Å². The third kappa shape index (κ3) is 1.92. The van der Waals surface area contributed by atoms with Crippen molar-refractivity contribution >= 4 is 0 Å². The third-order valence-corrected chi connectivity index (χ3v) is 5.88. The molecule has 3 aliphatic carbocycles. The maximum atomic E-state index is 6.64. The number of rotatable bonds is 3. The van der Waals surface area contributed by atoms with Crippen LogP contribution in [0.3, 0.4) is 0 Å². The molecule has 3 rings (SSSR count). The van der Waals surface area contributed by atoms with Gasteiger partial charge < -0.3 is 5.73 Å². The largest absolute Gasteiger partial charge is 0.325 e. The number of hydrogen-bond donors (Lipinski definition) is 1. The molecule has 0 aromatic heterocycles. The first kappa shape index (κ1) is 11.1. The Kier molecular flexibility index (Phi) is 2.78. The zero-order chi connectivity index (χ0) is 11.2. The summed E-state index contributed by atoms with van der Waals surface area (Å²) in [6.07, 6.45) is 12.8. The number of nitrogens with two attached hydrogens (primary N) is 1. The summed E-state index contributed by atoms with van der Waals surface area (Å²) in [5, 5.41) is 0. The first-order valence-electron chi connectivity index (χ1n) is 7.47. The molecule has 3 aliphatic rings. The highest BCUT2D eigenvalue weighted by Crippen LogP contribution is 2.52. The van der Waals surface area contributed by atoms with Crippen molar-refractivity contribution in [1.82, 2.24) is 0 Å². The van der Waals surface area contributed by atoms with Gasteiger partial charge in [-0.2, -0.15) is 0 Å². The smallest absolute Gasteiger partial charge is 0.0159 e. The van der Waals surface area contributed by atoms with E-state index >= 15 is 0 Å².